The molecule has 11 nitrogen and oxygen atoms in total. The maximum Gasteiger partial charge on any atom is 0.243 e. The van der Waals surface area contributed by atoms with Crippen LogP contribution in [0.25, 0.3) is 0 Å². The number of carbonyl (C=O) groups excluding carboxylic acids is 4. The molecule has 0 spiro atoms. The van der Waals surface area contributed by atoms with Crippen LogP contribution in [0.2, 0.25) is 0 Å². The van der Waals surface area contributed by atoms with Crippen LogP contribution in [-0.4, -0.2) is 79.5 Å². The highest BCUT2D eigenvalue weighted by atomic mass is 32.2. The van der Waals surface area contributed by atoms with Crippen molar-refractivity contribution in [1.82, 2.24) is 19.8 Å². The van der Waals surface area contributed by atoms with Gasteiger partial charge < -0.3 is 21.3 Å². The zero-order chi connectivity index (χ0) is 28.0. The summed E-state index contributed by atoms with van der Waals surface area (Å²) in [7, 11) is -3.74. The van der Waals surface area contributed by atoms with Crippen molar-refractivity contribution >= 4 is 33.7 Å². The molecule has 2 aliphatic rings. The summed E-state index contributed by atoms with van der Waals surface area (Å²) in [5.74, 6) is -2.34. The Hall–Kier alpha value is -2.99. The Bertz CT molecular complexity index is 1140. The van der Waals surface area contributed by atoms with E-state index in [1.165, 1.54) is 9.21 Å². The van der Waals surface area contributed by atoms with Gasteiger partial charge in [0, 0.05) is 19.6 Å². The second kappa shape index (κ2) is 12.7. The minimum atomic E-state index is -3.74. The lowest BCUT2D eigenvalue weighted by Crippen LogP contribution is -2.55. The summed E-state index contributed by atoms with van der Waals surface area (Å²) in [6, 6.07) is 5.02. The monoisotopic (exact) mass is 549 g/mol. The van der Waals surface area contributed by atoms with Crippen molar-refractivity contribution < 1.29 is 27.6 Å². The first-order valence-corrected chi connectivity index (χ1v) is 14.6. The summed E-state index contributed by atoms with van der Waals surface area (Å²) in [6.07, 6.45) is 2.51. The average Bonchev–Trinajstić information content (AvgIpc) is 3.36. The molecule has 2 saturated heterocycles. The van der Waals surface area contributed by atoms with Gasteiger partial charge in [0.2, 0.25) is 33.7 Å². The fourth-order valence-corrected chi connectivity index (χ4v) is 6.55. The zero-order valence-electron chi connectivity index (χ0n) is 22.3. The molecule has 12 heteroatoms. The third kappa shape index (κ3) is 7.31. The van der Waals surface area contributed by atoms with Crippen molar-refractivity contribution in [3.8, 4) is 0 Å². The van der Waals surface area contributed by atoms with E-state index >= 15 is 0 Å². The molecule has 2 aliphatic heterocycles. The Balaban J connectivity index is 1.68. The SMILES string of the molecule is Cc1ccc(S(=O)(=O)N2CCC[C@H](C(=O)N3CCC[C@@H]3C(=O)N[C@H](CC(C)C)C(=O)NCC(N)=O)C2)cc1. The fourth-order valence-electron chi connectivity index (χ4n) is 5.03. The molecule has 0 unspecified atom stereocenters. The Labute approximate surface area is 224 Å². The van der Waals surface area contributed by atoms with Crippen LogP contribution >= 0.6 is 0 Å². The van der Waals surface area contributed by atoms with E-state index in [9.17, 15) is 27.6 Å². The zero-order valence-corrected chi connectivity index (χ0v) is 23.1. The molecule has 210 valence electrons. The number of hydrogen-bond donors (Lipinski definition) is 3. The topological polar surface area (TPSA) is 159 Å². The van der Waals surface area contributed by atoms with Crippen molar-refractivity contribution in [3.63, 3.8) is 0 Å². The third-order valence-electron chi connectivity index (χ3n) is 7.01. The molecule has 2 heterocycles. The molecule has 2 fully saturated rings. The lowest BCUT2D eigenvalue weighted by molar-refractivity contribution is -0.143. The minimum absolute atomic E-state index is 0.0609. The normalized spacial score (nSPS) is 21.2. The van der Waals surface area contributed by atoms with Gasteiger partial charge in [0.1, 0.15) is 12.1 Å². The Kier molecular flexibility index (Phi) is 9.88. The number of carbonyl (C=O) groups is 4. The maximum atomic E-state index is 13.5. The van der Waals surface area contributed by atoms with Crippen molar-refractivity contribution in [1.29, 1.82) is 0 Å². The number of sulfonamides is 1. The van der Waals surface area contributed by atoms with Crippen LogP contribution in [0, 0.1) is 18.8 Å². The van der Waals surface area contributed by atoms with Gasteiger partial charge in [0.15, 0.2) is 0 Å². The van der Waals surface area contributed by atoms with E-state index in [-0.39, 0.29) is 29.8 Å². The molecule has 3 atom stereocenters. The van der Waals surface area contributed by atoms with Crippen LogP contribution in [0.3, 0.4) is 0 Å². The Morgan fingerprint density at radius 2 is 1.71 bits per heavy atom. The summed E-state index contributed by atoms with van der Waals surface area (Å²) < 4.78 is 27.8. The molecule has 0 aliphatic carbocycles. The molecule has 0 aromatic heterocycles. The summed E-state index contributed by atoms with van der Waals surface area (Å²) >= 11 is 0. The van der Waals surface area contributed by atoms with Gasteiger partial charge in [-0.1, -0.05) is 31.5 Å². The van der Waals surface area contributed by atoms with Gasteiger partial charge in [0.05, 0.1) is 17.4 Å². The van der Waals surface area contributed by atoms with E-state index in [1.807, 2.05) is 20.8 Å². The molecule has 0 radical (unpaired) electrons. The van der Waals surface area contributed by atoms with Gasteiger partial charge in [-0.05, 0) is 57.1 Å². The molecule has 1 aromatic carbocycles. The standard InChI is InChI=1S/C26H39N5O6S/c1-17(2)14-21(24(33)28-15-23(27)32)29-25(34)22-7-5-13-31(22)26(35)19-6-4-12-30(16-19)38(36,37)20-10-8-18(3)9-11-20/h8-11,17,19,21-22H,4-7,12-16H2,1-3H3,(H2,27,32)(H,28,33)(H,29,34)/t19-,21+,22+/m0/s1. The number of nitrogens with zero attached hydrogens (tertiary/aromatic N) is 2. The molecular formula is C26H39N5O6S. The minimum Gasteiger partial charge on any atom is -0.368 e. The fraction of sp³-hybridized carbons (Fsp3) is 0.615. The molecule has 1 aromatic rings. The van der Waals surface area contributed by atoms with Gasteiger partial charge in [-0.25, -0.2) is 8.42 Å². The van der Waals surface area contributed by atoms with Crippen LogP contribution in [0.1, 0.15) is 51.5 Å². The number of rotatable bonds is 10. The smallest absolute Gasteiger partial charge is 0.243 e. The number of hydrogen-bond acceptors (Lipinski definition) is 6. The molecule has 38 heavy (non-hydrogen) atoms. The van der Waals surface area contributed by atoms with E-state index in [0.29, 0.717) is 45.2 Å². The first kappa shape index (κ1) is 29.6. The van der Waals surface area contributed by atoms with Crippen molar-refractivity contribution in [2.45, 2.75) is 69.9 Å². The van der Waals surface area contributed by atoms with Crippen molar-refractivity contribution in [2.75, 3.05) is 26.2 Å². The van der Waals surface area contributed by atoms with E-state index in [0.717, 1.165) is 5.56 Å². The number of nitrogens with two attached hydrogens (primary N) is 1. The number of likely N-dealkylation sites (tertiary alicyclic amines) is 1. The Morgan fingerprint density at radius 1 is 1.05 bits per heavy atom. The number of aryl methyl sites for hydroxylation is 1. The van der Waals surface area contributed by atoms with E-state index in [4.69, 9.17) is 5.73 Å². The van der Waals surface area contributed by atoms with Gasteiger partial charge in [-0.15, -0.1) is 0 Å². The third-order valence-corrected chi connectivity index (χ3v) is 8.89. The second-order valence-corrected chi connectivity index (χ2v) is 12.5. The lowest BCUT2D eigenvalue weighted by atomic mass is 9.97. The quantitative estimate of drug-likeness (QED) is 0.386. The number of primary amides is 1. The van der Waals surface area contributed by atoms with Gasteiger partial charge in [0.25, 0.3) is 0 Å². The summed E-state index contributed by atoms with van der Waals surface area (Å²) in [6.45, 7) is 6.15. The van der Waals surface area contributed by atoms with Gasteiger partial charge in [-0.3, -0.25) is 19.2 Å². The molecule has 4 N–H and O–H groups in total. The number of amides is 4. The summed E-state index contributed by atoms with van der Waals surface area (Å²) in [5.41, 5.74) is 6.07. The number of benzene rings is 1. The van der Waals surface area contributed by atoms with Crippen LogP contribution in [0.15, 0.2) is 29.2 Å². The first-order valence-electron chi connectivity index (χ1n) is 13.1. The highest BCUT2D eigenvalue weighted by Gasteiger charge is 2.41. The van der Waals surface area contributed by atoms with E-state index in [1.54, 1.807) is 24.3 Å². The van der Waals surface area contributed by atoms with Gasteiger partial charge >= 0.3 is 0 Å². The molecule has 4 amide bonds. The van der Waals surface area contributed by atoms with Crippen LogP contribution in [0.5, 0.6) is 0 Å². The maximum absolute atomic E-state index is 13.5. The molecule has 3 rings (SSSR count). The summed E-state index contributed by atoms with van der Waals surface area (Å²) in [4.78, 5) is 52.1. The second-order valence-electron chi connectivity index (χ2n) is 10.6. The molecular weight excluding hydrogens is 510 g/mol. The van der Waals surface area contributed by atoms with Gasteiger partial charge in [-0.2, -0.15) is 4.31 Å². The van der Waals surface area contributed by atoms with E-state index < -0.39 is 45.7 Å². The number of nitrogens with one attached hydrogen (secondary N) is 2. The van der Waals surface area contributed by atoms with E-state index in [2.05, 4.69) is 10.6 Å². The van der Waals surface area contributed by atoms with Crippen molar-refractivity contribution in [3.05, 3.63) is 29.8 Å². The molecule has 0 bridgehead atoms. The molecule has 0 saturated carbocycles. The predicted octanol–water partition coefficient (Wildman–Crippen LogP) is 0.519. The first-order chi connectivity index (χ1) is 17.9. The lowest BCUT2D eigenvalue weighted by Gasteiger charge is -2.35. The highest BCUT2D eigenvalue weighted by molar-refractivity contribution is 7.89. The predicted molar refractivity (Wildman–Crippen MR) is 141 cm³/mol. The van der Waals surface area contributed by atoms with Crippen LogP contribution < -0.4 is 16.4 Å². The van der Waals surface area contributed by atoms with Crippen LogP contribution in [-0.2, 0) is 29.2 Å². The van der Waals surface area contributed by atoms with Crippen LogP contribution in [0.4, 0.5) is 0 Å². The van der Waals surface area contributed by atoms with Crippen molar-refractivity contribution in [2.24, 2.45) is 17.6 Å². The largest absolute Gasteiger partial charge is 0.368 e. The number of piperidine rings is 1. The average molecular weight is 550 g/mol. The summed E-state index contributed by atoms with van der Waals surface area (Å²) in [5, 5.41) is 5.19. The Morgan fingerprint density at radius 3 is 2.34 bits per heavy atom. The highest BCUT2D eigenvalue weighted by Crippen LogP contribution is 2.28.